The summed E-state index contributed by atoms with van der Waals surface area (Å²) in [5, 5.41) is 7.87. The number of fused-ring (bicyclic) bond motifs is 3. The molecule has 0 spiro atoms. The van der Waals surface area contributed by atoms with Crippen LogP contribution in [0, 0.1) is 0 Å². The van der Waals surface area contributed by atoms with Gasteiger partial charge in [0.05, 0.1) is 22.4 Å². The van der Waals surface area contributed by atoms with Crippen molar-refractivity contribution in [2.75, 3.05) is 0 Å². The lowest BCUT2D eigenvalue weighted by atomic mass is 9.79. The number of rotatable bonds is 8. The van der Waals surface area contributed by atoms with Crippen molar-refractivity contribution in [1.29, 1.82) is 0 Å². The summed E-state index contributed by atoms with van der Waals surface area (Å²) in [6.45, 7) is 22.8. The molecule has 0 aliphatic carbocycles. The summed E-state index contributed by atoms with van der Waals surface area (Å²) in [5.41, 5.74) is 12.5. The topological polar surface area (TPSA) is 44.9 Å². The molecule has 8 rings (SSSR count). The summed E-state index contributed by atoms with van der Waals surface area (Å²) in [4.78, 5) is 4.88. The number of hydrogen-bond donors (Lipinski definition) is 0. The van der Waals surface area contributed by atoms with Gasteiger partial charge in [-0.05, 0) is 82.0 Å². The maximum absolute atomic E-state index is 6.77. The molecule has 0 aliphatic heterocycles. The molecule has 5 heteroatoms. The number of benzene rings is 5. The Kier molecular flexibility index (Phi) is 9.68. The molecule has 0 saturated heterocycles. The number of aromatic nitrogens is 4. The zero-order chi connectivity index (χ0) is 40.2. The van der Waals surface area contributed by atoms with Gasteiger partial charge in [0, 0.05) is 45.6 Å². The fraction of sp³-hybridized carbons (Fsp3) is 0.269. The van der Waals surface area contributed by atoms with E-state index in [4.69, 9.17) is 14.8 Å². The second kappa shape index (κ2) is 14.5. The lowest BCUT2D eigenvalue weighted by molar-refractivity contribution is 0.482. The van der Waals surface area contributed by atoms with Crippen molar-refractivity contribution < 1.29 is 4.74 Å². The largest absolute Gasteiger partial charge is 0.457 e. The van der Waals surface area contributed by atoms with Crippen LogP contribution in [0.2, 0.25) is 0 Å². The lowest BCUT2D eigenvalue weighted by Gasteiger charge is -2.26. The van der Waals surface area contributed by atoms with Crippen molar-refractivity contribution in [2.24, 2.45) is 0 Å². The van der Waals surface area contributed by atoms with Crippen molar-refractivity contribution >= 4 is 21.8 Å². The molecule has 0 unspecified atom stereocenters. The Morgan fingerprint density at radius 2 is 1.21 bits per heavy atom. The minimum atomic E-state index is -0.249. The zero-order valence-corrected chi connectivity index (χ0v) is 35.1. The van der Waals surface area contributed by atoms with E-state index in [0.29, 0.717) is 11.8 Å². The first-order chi connectivity index (χ1) is 27.2. The molecule has 8 aromatic rings. The summed E-state index contributed by atoms with van der Waals surface area (Å²) in [5.74, 6) is 3.07. The van der Waals surface area contributed by atoms with Crippen LogP contribution in [0.15, 0.2) is 134 Å². The van der Waals surface area contributed by atoms with Gasteiger partial charge in [0.1, 0.15) is 23.0 Å². The molecule has 0 aliphatic rings. The molecular formula is C52H54N4O. The molecule has 3 aromatic heterocycles. The number of nitrogens with zero attached hydrogens (tertiary/aromatic N) is 4. The van der Waals surface area contributed by atoms with Crippen molar-refractivity contribution in [3.8, 4) is 45.4 Å². The van der Waals surface area contributed by atoms with E-state index in [0.717, 1.165) is 50.7 Å². The van der Waals surface area contributed by atoms with Crippen LogP contribution in [0.5, 0.6) is 11.5 Å². The molecular weight excluding hydrogens is 697 g/mol. The minimum absolute atomic E-state index is 0.00564. The fourth-order valence-corrected chi connectivity index (χ4v) is 8.25. The Bertz CT molecular complexity index is 2710. The quantitative estimate of drug-likeness (QED) is 0.155. The molecule has 0 fully saturated rings. The maximum Gasteiger partial charge on any atom is 0.137 e. The van der Waals surface area contributed by atoms with Gasteiger partial charge in [0.25, 0.3) is 0 Å². The SMILES string of the molecule is CC(C)c1cccc(C(C)C)c1-c1c(-c2ccccc2)nn(-c2cccc(Oc3ccc4c5ccccc5n(-c5cc(C(C)(C)C)ccn5)c4c3)c2)c1C(C)(C)C. The van der Waals surface area contributed by atoms with Crippen LogP contribution in [0.4, 0.5) is 0 Å². The van der Waals surface area contributed by atoms with Crippen LogP contribution in [-0.4, -0.2) is 19.3 Å². The highest BCUT2D eigenvalue weighted by atomic mass is 16.5. The van der Waals surface area contributed by atoms with E-state index in [9.17, 15) is 0 Å². The molecule has 57 heavy (non-hydrogen) atoms. The highest BCUT2D eigenvalue weighted by Gasteiger charge is 2.33. The van der Waals surface area contributed by atoms with Gasteiger partial charge < -0.3 is 4.74 Å². The van der Waals surface area contributed by atoms with Crippen LogP contribution in [-0.2, 0) is 10.8 Å². The molecule has 3 heterocycles. The van der Waals surface area contributed by atoms with Crippen molar-refractivity contribution in [1.82, 2.24) is 19.3 Å². The van der Waals surface area contributed by atoms with E-state index < -0.39 is 0 Å². The molecule has 5 nitrogen and oxygen atoms in total. The third-order valence-corrected chi connectivity index (χ3v) is 11.0. The van der Waals surface area contributed by atoms with Crippen molar-refractivity contribution in [3.05, 3.63) is 156 Å². The molecule has 5 aromatic carbocycles. The first-order valence-electron chi connectivity index (χ1n) is 20.3. The Morgan fingerprint density at radius 1 is 0.561 bits per heavy atom. The Morgan fingerprint density at radius 3 is 1.89 bits per heavy atom. The predicted molar refractivity (Wildman–Crippen MR) is 239 cm³/mol. The highest BCUT2D eigenvalue weighted by Crippen LogP contribution is 2.47. The standard InChI is InChI=1S/C52H54N4O/c1-33(2)40-23-17-24-41(34(3)4)47(40)48-49(35-18-12-11-13-19-35)54-56(50(48)52(8,9)10)37-20-16-21-38(31-37)57-39-26-27-43-42-22-14-15-25-44(42)55(45(43)32-39)46-30-36(28-29-53-46)51(5,6)7/h11-34H,1-10H3. The minimum Gasteiger partial charge on any atom is -0.457 e. The van der Waals surface area contributed by atoms with Crippen molar-refractivity contribution in [2.45, 2.75) is 91.9 Å². The van der Waals surface area contributed by atoms with Gasteiger partial charge in [-0.25, -0.2) is 9.67 Å². The van der Waals surface area contributed by atoms with Gasteiger partial charge in [-0.3, -0.25) is 4.57 Å². The van der Waals surface area contributed by atoms with Crippen LogP contribution < -0.4 is 4.74 Å². The molecule has 288 valence electrons. The van der Waals surface area contributed by atoms with Crippen molar-refractivity contribution in [3.63, 3.8) is 0 Å². The number of pyridine rings is 1. The Hall–Kier alpha value is -5.94. The van der Waals surface area contributed by atoms with Gasteiger partial charge in [0.15, 0.2) is 0 Å². The zero-order valence-electron chi connectivity index (χ0n) is 35.1. The molecule has 0 bridgehead atoms. The van der Waals surface area contributed by atoms with Crippen LogP contribution in [0.1, 0.15) is 103 Å². The molecule has 0 N–H and O–H groups in total. The summed E-state index contributed by atoms with van der Waals surface area (Å²) < 4.78 is 11.2. The van der Waals surface area contributed by atoms with Gasteiger partial charge in [-0.1, -0.05) is 142 Å². The number of hydrogen-bond acceptors (Lipinski definition) is 3. The average Bonchev–Trinajstić information content (AvgIpc) is 3.75. The fourth-order valence-electron chi connectivity index (χ4n) is 8.25. The molecule has 0 radical (unpaired) electrons. The summed E-state index contributed by atoms with van der Waals surface area (Å²) in [7, 11) is 0. The lowest BCUT2D eigenvalue weighted by Crippen LogP contribution is -2.19. The summed E-state index contributed by atoms with van der Waals surface area (Å²) in [6.07, 6.45) is 1.92. The molecule has 0 atom stereocenters. The average molecular weight is 751 g/mol. The molecule has 0 amide bonds. The third-order valence-electron chi connectivity index (χ3n) is 11.0. The van der Waals surface area contributed by atoms with Gasteiger partial charge in [-0.2, -0.15) is 5.10 Å². The van der Waals surface area contributed by atoms with E-state index in [1.165, 1.54) is 38.9 Å². The first-order valence-corrected chi connectivity index (χ1v) is 20.3. The summed E-state index contributed by atoms with van der Waals surface area (Å²) in [6, 6.07) is 45.1. The maximum atomic E-state index is 6.77. The second-order valence-electron chi connectivity index (χ2n) is 18.0. The Balaban J connectivity index is 1.29. The van der Waals surface area contributed by atoms with Crippen LogP contribution in [0.3, 0.4) is 0 Å². The molecule has 0 saturated carbocycles. The monoisotopic (exact) mass is 750 g/mol. The van der Waals surface area contributed by atoms with Crippen LogP contribution >= 0.6 is 0 Å². The number of para-hydroxylation sites is 1. The Labute approximate surface area is 338 Å². The van der Waals surface area contributed by atoms with E-state index in [1.807, 2.05) is 12.3 Å². The summed E-state index contributed by atoms with van der Waals surface area (Å²) >= 11 is 0. The van der Waals surface area contributed by atoms with Crippen LogP contribution in [0.25, 0.3) is 55.7 Å². The van der Waals surface area contributed by atoms with E-state index >= 15 is 0 Å². The highest BCUT2D eigenvalue weighted by molar-refractivity contribution is 6.09. The van der Waals surface area contributed by atoms with Gasteiger partial charge in [-0.15, -0.1) is 0 Å². The normalized spacial score (nSPS) is 12.4. The second-order valence-corrected chi connectivity index (χ2v) is 18.0. The van der Waals surface area contributed by atoms with E-state index in [2.05, 4.69) is 200 Å². The number of ether oxygens (including phenoxy) is 1. The van der Waals surface area contributed by atoms with E-state index in [-0.39, 0.29) is 10.8 Å². The van der Waals surface area contributed by atoms with Gasteiger partial charge >= 0.3 is 0 Å². The smallest absolute Gasteiger partial charge is 0.137 e. The third kappa shape index (κ3) is 7.05. The van der Waals surface area contributed by atoms with Gasteiger partial charge in [0.2, 0.25) is 0 Å². The first kappa shape index (κ1) is 38.0. The van der Waals surface area contributed by atoms with E-state index in [1.54, 1.807) is 0 Å². The predicted octanol–water partition coefficient (Wildman–Crippen LogP) is 14.3.